The Labute approximate surface area is 265 Å². The third-order valence-electron chi connectivity index (χ3n) is 14.0. The molecule has 3 N–H and O–H groups in total. The number of amides is 1. The fourth-order valence-electron chi connectivity index (χ4n) is 11.4. The summed E-state index contributed by atoms with van der Waals surface area (Å²) in [5, 5.41) is 33.9. The molecule has 1 aromatic rings. The summed E-state index contributed by atoms with van der Waals surface area (Å²) < 4.78 is 5.61. The van der Waals surface area contributed by atoms with E-state index in [0.29, 0.717) is 42.6 Å². The Morgan fingerprint density at radius 1 is 1.00 bits per heavy atom. The first kappa shape index (κ1) is 32.1. The lowest BCUT2D eigenvalue weighted by atomic mass is 9.43. The zero-order chi connectivity index (χ0) is 31.4. The number of ether oxygens (including phenoxy) is 1. The van der Waals surface area contributed by atoms with Crippen molar-refractivity contribution in [3.63, 3.8) is 0 Å². The van der Waals surface area contributed by atoms with E-state index in [0.717, 1.165) is 82.3 Å². The molecule has 44 heavy (non-hydrogen) atoms. The van der Waals surface area contributed by atoms with E-state index in [4.69, 9.17) is 4.74 Å². The average molecular weight is 611 g/mol. The Bertz CT molecular complexity index is 1180. The molecule has 5 aliphatic rings. The van der Waals surface area contributed by atoms with Crippen LogP contribution in [0.5, 0.6) is 5.75 Å². The van der Waals surface area contributed by atoms with Gasteiger partial charge in [0.05, 0.1) is 31.1 Å². The van der Waals surface area contributed by atoms with Crippen molar-refractivity contribution in [3.05, 3.63) is 24.3 Å². The molecule has 6 rings (SSSR count). The quantitative estimate of drug-likeness (QED) is 0.394. The highest BCUT2D eigenvalue weighted by Crippen LogP contribution is 2.68. The van der Waals surface area contributed by atoms with Crippen LogP contribution in [0.3, 0.4) is 0 Å². The summed E-state index contributed by atoms with van der Waals surface area (Å²) in [4.78, 5) is 18.1. The topological polar surface area (TPSA) is 93.5 Å². The number of aliphatic hydroxyl groups is 3. The predicted octanol–water partition coefficient (Wildman–Crippen LogP) is 5.50. The van der Waals surface area contributed by atoms with E-state index in [1.54, 1.807) is 7.11 Å². The minimum absolute atomic E-state index is 0.0899. The van der Waals surface area contributed by atoms with Crippen molar-refractivity contribution < 1.29 is 24.9 Å². The first-order chi connectivity index (χ1) is 21.0. The number of aliphatic hydroxyl groups excluding tert-OH is 3. The molecule has 0 radical (unpaired) electrons. The lowest BCUT2D eigenvalue weighted by Gasteiger charge is -2.63. The van der Waals surface area contributed by atoms with Crippen molar-refractivity contribution in [2.45, 2.75) is 116 Å². The molecular weight excluding hydrogens is 552 g/mol. The van der Waals surface area contributed by atoms with Gasteiger partial charge in [0.2, 0.25) is 5.91 Å². The molecule has 1 aliphatic heterocycles. The number of nitrogens with zero attached hydrogens (tertiary/aromatic N) is 2. The lowest BCUT2D eigenvalue weighted by molar-refractivity contribution is -0.207. The van der Waals surface area contributed by atoms with Crippen LogP contribution < -0.4 is 9.64 Å². The van der Waals surface area contributed by atoms with Gasteiger partial charge < -0.3 is 29.9 Å². The van der Waals surface area contributed by atoms with Crippen LogP contribution in [0.25, 0.3) is 0 Å². The van der Waals surface area contributed by atoms with Crippen molar-refractivity contribution >= 4 is 11.6 Å². The highest BCUT2D eigenvalue weighted by atomic mass is 16.5. The lowest BCUT2D eigenvalue weighted by Crippen LogP contribution is -2.62. The molecule has 1 unspecified atom stereocenters. The van der Waals surface area contributed by atoms with Crippen LogP contribution in [-0.4, -0.2) is 77.2 Å². The van der Waals surface area contributed by atoms with Crippen LogP contribution >= 0.6 is 0 Å². The number of para-hydroxylation sites is 2. The third kappa shape index (κ3) is 5.37. The van der Waals surface area contributed by atoms with Crippen LogP contribution in [0.2, 0.25) is 0 Å². The molecule has 4 aliphatic carbocycles. The zero-order valence-electron chi connectivity index (χ0n) is 27.8. The maximum atomic E-state index is 13.7. The first-order valence-electron chi connectivity index (χ1n) is 17.7. The number of anilines is 1. The van der Waals surface area contributed by atoms with Crippen molar-refractivity contribution in [1.82, 2.24) is 4.90 Å². The Hall–Kier alpha value is -1.83. The van der Waals surface area contributed by atoms with Gasteiger partial charge in [0.25, 0.3) is 0 Å². The number of rotatable bonds is 6. The van der Waals surface area contributed by atoms with Crippen LogP contribution in [0.1, 0.15) is 91.9 Å². The summed E-state index contributed by atoms with van der Waals surface area (Å²) in [6.45, 7) is 11.6. The second kappa shape index (κ2) is 12.4. The van der Waals surface area contributed by atoms with E-state index in [9.17, 15) is 20.1 Å². The largest absolute Gasteiger partial charge is 0.495 e. The standard InChI is InChI=1S/C37H58N2O5/c1-23(10-13-34(43)39-19-18-38(17-15-24(39)2)30-8-6-7-9-32(30)44-5)27-11-12-28-35-29(22-33(42)37(27,28)4)36(3)16-14-26(40)20-25(36)21-31(35)41/h6-9,23-29,31,33,35,40-42H,10-22H2,1-5H3/t23-,24?,25+,26-,27-,28+,29+,31-,33+,35+,36+,37-/m1/s1. The van der Waals surface area contributed by atoms with Gasteiger partial charge in [-0.05, 0) is 123 Å². The van der Waals surface area contributed by atoms with Gasteiger partial charge in [-0.1, -0.05) is 32.9 Å². The van der Waals surface area contributed by atoms with Gasteiger partial charge in [0.1, 0.15) is 5.75 Å². The number of hydrogen-bond acceptors (Lipinski definition) is 6. The number of carbonyl (C=O) groups is 1. The van der Waals surface area contributed by atoms with E-state index in [1.165, 1.54) is 0 Å². The van der Waals surface area contributed by atoms with Crippen molar-refractivity contribution in [1.29, 1.82) is 0 Å². The Morgan fingerprint density at radius 3 is 2.55 bits per heavy atom. The molecule has 0 spiro atoms. The Morgan fingerprint density at radius 2 is 1.77 bits per heavy atom. The second-order valence-corrected chi connectivity index (χ2v) is 15.9. The van der Waals surface area contributed by atoms with Gasteiger partial charge in [-0.15, -0.1) is 0 Å². The van der Waals surface area contributed by atoms with E-state index in [-0.39, 0.29) is 47.0 Å². The fourth-order valence-corrected chi connectivity index (χ4v) is 11.4. The van der Waals surface area contributed by atoms with Gasteiger partial charge in [0, 0.05) is 32.1 Å². The first-order valence-corrected chi connectivity index (χ1v) is 17.7. The van der Waals surface area contributed by atoms with Crippen LogP contribution in [-0.2, 0) is 4.79 Å². The van der Waals surface area contributed by atoms with E-state index in [1.807, 2.05) is 18.2 Å². The normalized spacial score (nSPS) is 43.0. The molecule has 7 nitrogen and oxygen atoms in total. The molecular formula is C37H58N2O5. The van der Waals surface area contributed by atoms with E-state index in [2.05, 4.69) is 43.6 Å². The minimum Gasteiger partial charge on any atom is -0.495 e. The van der Waals surface area contributed by atoms with E-state index < -0.39 is 0 Å². The van der Waals surface area contributed by atoms with Gasteiger partial charge in [0.15, 0.2) is 0 Å². The molecule has 1 amide bonds. The van der Waals surface area contributed by atoms with Crippen molar-refractivity contribution in [3.8, 4) is 5.75 Å². The second-order valence-electron chi connectivity index (χ2n) is 15.9. The molecule has 1 saturated heterocycles. The molecule has 4 saturated carbocycles. The number of methoxy groups -OCH3 is 1. The number of benzene rings is 1. The summed E-state index contributed by atoms with van der Waals surface area (Å²) in [7, 11) is 1.71. The maximum Gasteiger partial charge on any atom is 0.222 e. The van der Waals surface area contributed by atoms with Crippen LogP contribution in [0.4, 0.5) is 5.69 Å². The highest BCUT2D eigenvalue weighted by molar-refractivity contribution is 5.76. The molecule has 0 bridgehead atoms. The molecule has 1 heterocycles. The van der Waals surface area contributed by atoms with Crippen molar-refractivity contribution in [2.75, 3.05) is 31.6 Å². The number of hydrogen-bond donors (Lipinski definition) is 3. The van der Waals surface area contributed by atoms with Gasteiger partial charge in [-0.25, -0.2) is 0 Å². The summed E-state index contributed by atoms with van der Waals surface area (Å²) >= 11 is 0. The summed E-state index contributed by atoms with van der Waals surface area (Å²) in [6, 6.07) is 8.33. The molecule has 246 valence electrons. The Kier molecular flexibility index (Phi) is 9.06. The number of carbonyl (C=O) groups excluding carboxylic acids is 1. The minimum atomic E-state index is -0.388. The molecule has 1 aromatic carbocycles. The smallest absolute Gasteiger partial charge is 0.222 e. The number of fused-ring (bicyclic) bond motifs is 5. The summed E-state index contributed by atoms with van der Waals surface area (Å²) in [5.41, 5.74) is 0.954. The van der Waals surface area contributed by atoms with Gasteiger partial charge in [-0.2, -0.15) is 0 Å². The maximum absolute atomic E-state index is 13.7. The zero-order valence-corrected chi connectivity index (χ0v) is 27.8. The molecule has 0 aromatic heterocycles. The molecule has 5 fully saturated rings. The van der Waals surface area contributed by atoms with Gasteiger partial charge >= 0.3 is 0 Å². The average Bonchev–Trinajstić information content (AvgIpc) is 3.25. The molecule has 12 atom stereocenters. The molecule has 7 heteroatoms. The monoisotopic (exact) mass is 610 g/mol. The van der Waals surface area contributed by atoms with Crippen LogP contribution in [0, 0.1) is 46.3 Å². The fraction of sp³-hybridized carbons (Fsp3) is 0.811. The Balaban J connectivity index is 1.10. The third-order valence-corrected chi connectivity index (χ3v) is 14.0. The van der Waals surface area contributed by atoms with E-state index >= 15 is 0 Å². The van der Waals surface area contributed by atoms with Crippen molar-refractivity contribution in [2.24, 2.45) is 46.3 Å². The predicted molar refractivity (Wildman–Crippen MR) is 173 cm³/mol. The van der Waals surface area contributed by atoms with Crippen LogP contribution in [0.15, 0.2) is 24.3 Å². The summed E-state index contributed by atoms with van der Waals surface area (Å²) in [5.74, 6) is 2.99. The highest BCUT2D eigenvalue weighted by Gasteiger charge is 2.65. The van der Waals surface area contributed by atoms with Gasteiger partial charge in [-0.3, -0.25) is 4.79 Å². The summed E-state index contributed by atoms with van der Waals surface area (Å²) in [6.07, 6.45) is 7.61. The SMILES string of the molecule is COc1ccccc1N1CCC(C)N(C(=O)CC[C@@H](C)[C@H]2CC[C@H]3[C@@H]4[C@H](O)C[C@@H]5C[C@H](O)CC[C@]5(C)[C@H]4C[C@H](O)[C@]23C)CC1.